The van der Waals surface area contributed by atoms with Gasteiger partial charge >= 0.3 is 6.18 Å². The lowest BCUT2D eigenvalue weighted by atomic mass is 10.0. The highest BCUT2D eigenvalue weighted by Gasteiger charge is 2.47. The van der Waals surface area contributed by atoms with Crippen molar-refractivity contribution in [2.45, 2.75) is 83.2 Å². The van der Waals surface area contributed by atoms with Gasteiger partial charge in [0.25, 0.3) is 11.8 Å². The minimum absolute atomic E-state index is 0.00558. The molecule has 4 heterocycles. The Morgan fingerprint density at radius 1 is 1.03 bits per heavy atom. The van der Waals surface area contributed by atoms with Crippen LogP contribution in [-0.4, -0.2) is 108 Å². The van der Waals surface area contributed by atoms with E-state index in [0.717, 1.165) is 29.9 Å². The molecule has 4 N–H and O–H groups in total. The van der Waals surface area contributed by atoms with Gasteiger partial charge in [-0.25, -0.2) is 9.97 Å². The Balaban J connectivity index is 0.833. The van der Waals surface area contributed by atoms with Crippen LogP contribution in [0, 0.1) is 12.3 Å². The number of carbonyl (C=O) groups excluding carboxylic acids is 5. The molecule has 19 heteroatoms. The van der Waals surface area contributed by atoms with Crippen molar-refractivity contribution in [2.75, 3.05) is 63.0 Å². The zero-order valence-corrected chi connectivity index (χ0v) is 36.5. The first-order valence-corrected chi connectivity index (χ1v) is 21.6. The van der Waals surface area contributed by atoms with Gasteiger partial charge in [0.05, 0.1) is 66.8 Å². The number of fused-ring (bicyclic) bond motifs is 2. The first-order valence-electron chi connectivity index (χ1n) is 21.6. The number of carbonyl (C=O) groups is 5. The van der Waals surface area contributed by atoms with E-state index < -0.39 is 47.5 Å². The zero-order chi connectivity index (χ0) is 46.4. The van der Waals surface area contributed by atoms with Gasteiger partial charge in [0, 0.05) is 55.7 Å². The van der Waals surface area contributed by atoms with Crippen molar-refractivity contribution in [1.29, 1.82) is 0 Å². The predicted molar refractivity (Wildman–Crippen MR) is 232 cm³/mol. The van der Waals surface area contributed by atoms with Crippen LogP contribution in [0.25, 0.3) is 10.9 Å². The Morgan fingerprint density at radius 3 is 2.48 bits per heavy atom. The van der Waals surface area contributed by atoms with Crippen LogP contribution in [0.5, 0.6) is 11.5 Å². The Hall–Kier alpha value is -6.50. The number of piperidine rings is 2. The third-order valence-electron chi connectivity index (χ3n) is 12.6. The van der Waals surface area contributed by atoms with E-state index in [1.807, 2.05) is 4.90 Å². The summed E-state index contributed by atoms with van der Waals surface area (Å²) in [6.45, 7) is 5.55. The number of imide groups is 2. The average Bonchev–Trinajstić information content (AvgIpc) is 3.98. The molecule has 65 heavy (non-hydrogen) atoms. The minimum atomic E-state index is -4.56. The highest BCUT2D eigenvalue weighted by atomic mass is 19.4. The lowest BCUT2D eigenvalue weighted by Gasteiger charge is -2.34. The van der Waals surface area contributed by atoms with E-state index in [1.165, 1.54) is 13.2 Å². The smallest absolute Gasteiger partial charge is 0.416 e. The summed E-state index contributed by atoms with van der Waals surface area (Å²) in [6.07, 6.45) is -1.38. The van der Waals surface area contributed by atoms with Gasteiger partial charge in [-0.3, -0.25) is 34.2 Å². The lowest BCUT2D eigenvalue weighted by Crippen LogP contribution is -2.54. The fourth-order valence-corrected chi connectivity index (χ4v) is 8.89. The molecule has 2 saturated heterocycles. The molecule has 16 nitrogen and oxygen atoms in total. The monoisotopic (exact) mass is 900 g/mol. The van der Waals surface area contributed by atoms with Gasteiger partial charge in [-0.05, 0) is 87.9 Å². The number of hydrogen-bond donors (Lipinski definition) is 3. The summed E-state index contributed by atoms with van der Waals surface area (Å²) in [5.41, 5.74) is 6.71. The number of aryl methyl sites for hydroxylation is 1. The summed E-state index contributed by atoms with van der Waals surface area (Å²) in [5.74, 6) is -0.537. The third-order valence-corrected chi connectivity index (χ3v) is 12.6. The number of halogens is 3. The number of rotatable bonds is 15. The molecule has 2 atom stereocenters. The summed E-state index contributed by atoms with van der Waals surface area (Å²) in [5, 5.41) is 6.04. The number of amides is 5. The zero-order valence-electron chi connectivity index (χ0n) is 36.5. The largest absolute Gasteiger partial charge is 0.493 e. The van der Waals surface area contributed by atoms with Crippen LogP contribution in [0.15, 0.2) is 48.5 Å². The Kier molecular flexibility index (Phi) is 12.4. The molecule has 4 aliphatic rings. The molecule has 5 amide bonds. The molecule has 3 aromatic carbocycles. The van der Waals surface area contributed by atoms with Gasteiger partial charge in [-0.2, -0.15) is 13.2 Å². The van der Waals surface area contributed by atoms with Crippen LogP contribution in [0.4, 0.5) is 30.4 Å². The maximum Gasteiger partial charge on any atom is 0.416 e. The molecule has 4 aromatic rings. The quantitative estimate of drug-likeness (QED) is 0.0955. The number of nitrogen functional groups attached to an aromatic ring is 1. The number of alkyl halides is 3. The van der Waals surface area contributed by atoms with E-state index in [2.05, 4.69) is 20.6 Å². The van der Waals surface area contributed by atoms with E-state index in [-0.39, 0.29) is 60.1 Å². The second kappa shape index (κ2) is 17.8. The van der Waals surface area contributed by atoms with Crippen LogP contribution in [0.3, 0.4) is 0 Å². The lowest BCUT2D eigenvalue weighted by molar-refractivity contribution is -0.138. The van der Waals surface area contributed by atoms with E-state index >= 15 is 0 Å². The summed E-state index contributed by atoms with van der Waals surface area (Å²) < 4.78 is 58.9. The van der Waals surface area contributed by atoms with Crippen LogP contribution >= 0.6 is 0 Å². The molecular weight excluding hydrogens is 850 g/mol. The van der Waals surface area contributed by atoms with Crippen molar-refractivity contribution in [1.82, 2.24) is 25.1 Å². The van der Waals surface area contributed by atoms with Crippen molar-refractivity contribution in [3.8, 4) is 11.5 Å². The Bertz CT molecular complexity index is 2560. The number of nitrogens with two attached hydrogens (primary N) is 1. The molecule has 0 radical (unpaired) electrons. The number of aromatic nitrogens is 2. The van der Waals surface area contributed by atoms with Gasteiger partial charge in [0.1, 0.15) is 17.7 Å². The number of nitrogens with one attached hydrogen (secondary N) is 2. The molecule has 0 bridgehead atoms. The number of nitrogens with zero attached hydrogens (tertiary/aromatic N) is 5. The highest BCUT2D eigenvalue weighted by Crippen LogP contribution is 2.47. The van der Waals surface area contributed by atoms with Gasteiger partial charge < -0.3 is 35.1 Å². The van der Waals surface area contributed by atoms with Crippen LogP contribution in [0.2, 0.25) is 0 Å². The predicted octanol–water partition coefficient (Wildman–Crippen LogP) is 5.82. The molecule has 3 aliphatic heterocycles. The van der Waals surface area contributed by atoms with Gasteiger partial charge in [0.15, 0.2) is 11.5 Å². The maximum absolute atomic E-state index is 13.6. The first-order chi connectivity index (χ1) is 30.9. The summed E-state index contributed by atoms with van der Waals surface area (Å²) in [4.78, 5) is 78.3. The van der Waals surface area contributed by atoms with E-state index in [4.69, 9.17) is 19.9 Å². The average molecular weight is 901 g/mol. The number of anilines is 3. The second-order valence-corrected chi connectivity index (χ2v) is 17.4. The number of benzene rings is 3. The fourth-order valence-electron chi connectivity index (χ4n) is 8.89. The molecule has 0 spiro atoms. The number of ether oxygens (including phenoxy) is 3. The first kappa shape index (κ1) is 45.1. The third kappa shape index (κ3) is 9.51. The van der Waals surface area contributed by atoms with Gasteiger partial charge in [0.2, 0.25) is 17.7 Å². The molecule has 1 aliphatic carbocycles. The van der Waals surface area contributed by atoms with Crippen LogP contribution in [-0.2, 0) is 25.3 Å². The van der Waals surface area contributed by atoms with E-state index in [1.54, 1.807) is 56.1 Å². The number of hydrogen-bond acceptors (Lipinski definition) is 13. The minimum Gasteiger partial charge on any atom is -0.493 e. The Morgan fingerprint density at radius 2 is 1.78 bits per heavy atom. The maximum atomic E-state index is 13.6. The summed E-state index contributed by atoms with van der Waals surface area (Å²) in [6, 6.07) is 10.4. The van der Waals surface area contributed by atoms with Crippen LogP contribution < -0.4 is 30.7 Å². The van der Waals surface area contributed by atoms with E-state index in [9.17, 15) is 37.1 Å². The normalized spacial score (nSPS) is 19.0. The second-order valence-electron chi connectivity index (χ2n) is 17.4. The highest BCUT2D eigenvalue weighted by molar-refractivity contribution is 6.25. The molecule has 8 rings (SSSR count). The number of methoxy groups -OCH3 is 1. The van der Waals surface area contributed by atoms with Crippen LogP contribution in [0.1, 0.15) is 95.6 Å². The molecular formula is C46H51F3N8O8. The van der Waals surface area contributed by atoms with Gasteiger partial charge in [-0.15, -0.1) is 0 Å². The molecule has 1 unspecified atom stereocenters. The molecule has 344 valence electrons. The molecule has 3 fully saturated rings. The summed E-state index contributed by atoms with van der Waals surface area (Å²) in [7, 11) is 3.28. The SMILES string of the molecule is COc1cc2nc(C)nc(N[C@H](C)c3cc(N)cc(C(F)(F)F)c3)c2cc1OCC1(CN(C)C(=O)CCOC2CCN(c3cccc4c3C(=O)N(C3CCC(=O)NC3=O)C4=O)CC2)CC1. The van der Waals surface area contributed by atoms with Crippen molar-refractivity contribution in [2.24, 2.45) is 5.41 Å². The molecule has 1 saturated carbocycles. The van der Waals surface area contributed by atoms with Crippen molar-refractivity contribution >= 4 is 57.6 Å². The van der Waals surface area contributed by atoms with Crippen molar-refractivity contribution in [3.05, 3.63) is 76.6 Å². The van der Waals surface area contributed by atoms with Crippen molar-refractivity contribution < 1.29 is 51.4 Å². The Labute approximate surface area is 372 Å². The fraction of sp³-hybridized carbons (Fsp3) is 0.457. The molecule has 1 aromatic heterocycles. The summed E-state index contributed by atoms with van der Waals surface area (Å²) >= 11 is 0. The van der Waals surface area contributed by atoms with Crippen molar-refractivity contribution in [3.63, 3.8) is 0 Å². The van der Waals surface area contributed by atoms with Gasteiger partial charge in [-0.1, -0.05) is 6.07 Å². The standard InChI is InChI=1S/C46H51F3N8O8/c1-25(27-18-28(46(47,48)49)20-29(50)19-27)51-41-32-21-37(36(63-4)22-33(32)52-26(2)53-41)65-24-45(13-14-45)23-55(3)39(59)12-17-64-30-10-15-56(16-11-30)34-7-5-6-31-40(34)44(62)57(43(31)61)35-8-9-38(58)54-42(35)60/h5-7,18-22,25,30,35H,8-17,23-24,50H2,1-4H3,(H,51,52,53)(H,54,58,60)/t25-,35?/m1/s1. The van der Waals surface area contributed by atoms with E-state index in [0.29, 0.717) is 84.4 Å². The topological polar surface area (TPSA) is 199 Å².